The van der Waals surface area contributed by atoms with Crippen LogP contribution in [0, 0.1) is 5.82 Å². The number of anilines is 1. The van der Waals surface area contributed by atoms with Crippen molar-refractivity contribution in [2.75, 3.05) is 32.6 Å². The van der Waals surface area contributed by atoms with Gasteiger partial charge in [0.15, 0.2) is 5.96 Å². The number of guanidine groups is 1. The van der Waals surface area contributed by atoms with Gasteiger partial charge in [-0.25, -0.2) is 4.39 Å². The van der Waals surface area contributed by atoms with Crippen LogP contribution < -0.4 is 20.7 Å². The number of hydrogen-bond donors (Lipinski definition) is 3. The molecule has 0 radical (unpaired) electrons. The normalized spacial score (nSPS) is 11.0. The van der Waals surface area contributed by atoms with E-state index in [1.165, 1.54) is 18.2 Å². The first kappa shape index (κ1) is 19.2. The first-order valence-corrected chi connectivity index (χ1v) is 8.23. The highest BCUT2D eigenvalue weighted by atomic mass is 19.1. The van der Waals surface area contributed by atoms with Gasteiger partial charge in [0.05, 0.1) is 13.7 Å². The second kappa shape index (κ2) is 10.0. The summed E-state index contributed by atoms with van der Waals surface area (Å²) < 4.78 is 18.2. The molecule has 0 aliphatic rings. The molecule has 138 valence electrons. The zero-order valence-corrected chi connectivity index (χ0v) is 14.9. The van der Waals surface area contributed by atoms with Gasteiger partial charge in [0, 0.05) is 19.3 Å². The van der Waals surface area contributed by atoms with Crippen molar-refractivity contribution in [3.63, 3.8) is 0 Å². The van der Waals surface area contributed by atoms with E-state index in [2.05, 4.69) is 20.9 Å². The second-order valence-electron chi connectivity index (χ2n) is 5.51. The highest BCUT2D eigenvalue weighted by Gasteiger charge is 2.05. The summed E-state index contributed by atoms with van der Waals surface area (Å²) >= 11 is 0. The molecule has 0 fully saturated rings. The van der Waals surface area contributed by atoms with Gasteiger partial charge in [0.2, 0.25) is 5.91 Å². The van der Waals surface area contributed by atoms with Crippen molar-refractivity contribution in [1.82, 2.24) is 10.6 Å². The lowest BCUT2D eigenvalue weighted by atomic mass is 10.1. The van der Waals surface area contributed by atoms with Crippen LogP contribution in [0.25, 0.3) is 0 Å². The van der Waals surface area contributed by atoms with Crippen LogP contribution in [-0.2, 0) is 11.2 Å². The summed E-state index contributed by atoms with van der Waals surface area (Å²) in [6.45, 7) is 0.691. The van der Waals surface area contributed by atoms with Gasteiger partial charge in [-0.3, -0.25) is 9.79 Å². The van der Waals surface area contributed by atoms with Gasteiger partial charge in [-0.1, -0.05) is 18.2 Å². The van der Waals surface area contributed by atoms with Crippen LogP contribution in [0.3, 0.4) is 0 Å². The number of ether oxygens (including phenoxy) is 1. The second-order valence-corrected chi connectivity index (χ2v) is 5.51. The Morgan fingerprint density at radius 1 is 1.15 bits per heavy atom. The van der Waals surface area contributed by atoms with E-state index in [4.69, 9.17) is 4.74 Å². The fourth-order valence-corrected chi connectivity index (χ4v) is 2.27. The van der Waals surface area contributed by atoms with E-state index in [9.17, 15) is 9.18 Å². The Morgan fingerprint density at radius 2 is 1.92 bits per heavy atom. The molecule has 6 nitrogen and oxygen atoms in total. The molecule has 0 unspecified atom stereocenters. The molecule has 0 saturated carbocycles. The number of rotatable bonds is 7. The van der Waals surface area contributed by atoms with Crippen molar-refractivity contribution in [2.24, 2.45) is 4.99 Å². The van der Waals surface area contributed by atoms with E-state index in [1.807, 2.05) is 24.3 Å². The summed E-state index contributed by atoms with van der Waals surface area (Å²) in [6, 6.07) is 13.6. The monoisotopic (exact) mass is 358 g/mol. The lowest BCUT2D eigenvalue weighted by Gasteiger charge is -2.12. The molecule has 0 aliphatic heterocycles. The molecule has 3 N–H and O–H groups in total. The first-order chi connectivity index (χ1) is 12.6. The number of carbonyl (C=O) groups is 1. The number of nitrogens with one attached hydrogen (secondary N) is 3. The third-order valence-electron chi connectivity index (χ3n) is 3.61. The van der Waals surface area contributed by atoms with Gasteiger partial charge in [-0.2, -0.15) is 0 Å². The molecule has 0 bridgehead atoms. The van der Waals surface area contributed by atoms with E-state index in [0.29, 0.717) is 18.2 Å². The van der Waals surface area contributed by atoms with Gasteiger partial charge in [-0.15, -0.1) is 0 Å². The van der Waals surface area contributed by atoms with Crippen LogP contribution in [0.1, 0.15) is 5.56 Å². The minimum Gasteiger partial charge on any atom is -0.497 e. The maximum atomic E-state index is 13.1. The highest BCUT2D eigenvalue weighted by molar-refractivity contribution is 5.94. The average Bonchev–Trinajstić information content (AvgIpc) is 2.65. The number of amides is 1. The van der Waals surface area contributed by atoms with Crippen LogP contribution in [0.15, 0.2) is 53.5 Å². The largest absolute Gasteiger partial charge is 0.497 e. The minimum atomic E-state index is -0.397. The van der Waals surface area contributed by atoms with Gasteiger partial charge < -0.3 is 20.7 Å². The van der Waals surface area contributed by atoms with E-state index >= 15 is 0 Å². The highest BCUT2D eigenvalue weighted by Crippen LogP contribution is 2.11. The first-order valence-electron chi connectivity index (χ1n) is 8.23. The van der Waals surface area contributed by atoms with Crippen molar-refractivity contribution >= 4 is 17.6 Å². The van der Waals surface area contributed by atoms with E-state index < -0.39 is 5.82 Å². The quantitative estimate of drug-likeness (QED) is 0.524. The van der Waals surface area contributed by atoms with Crippen LogP contribution in [0.2, 0.25) is 0 Å². The Labute approximate surface area is 152 Å². The van der Waals surface area contributed by atoms with E-state index in [1.54, 1.807) is 20.2 Å². The number of methoxy groups -OCH3 is 1. The van der Waals surface area contributed by atoms with Crippen LogP contribution in [-0.4, -0.2) is 39.1 Å². The van der Waals surface area contributed by atoms with Crippen molar-refractivity contribution in [3.05, 3.63) is 59.9 Å². The van der Waals surface area contributed by atoms with Gasteiger partial charge in [0.25, 0.3) is 0 Å². The summed E-state index contributed by atoms with van der Waals surface area (Å²) in [4.78, 5) is 16.0. The van der Waals surface area contributed by atoms with E-state index in [-0.39, 0.29) is 12.5 Å². The predicted molar refractivity (Wildman–Crippen MR) is 101 cm³/mol. The summed E-state index contributed by atoms with van der Waals surface area (Å²) in [6.07, 6.45) is 0.806. The number of aliphatic imine (C=N–C) groups is 1. The van der Waals surface area contributed by atoms with Crippen molar-refractivity contribution in [2.45, 2.75) is 6.42 Å². The lowest BCUT2D eigenvalue weighted by molar-refractivity contribution is -0.115. The summed E-state index contributed by atoms with van der Waals surface area (Å²) in [5, 5.41) is 8.68. The molecule has 7 heteroatoms. The molecule has 0 atom stereocenters. The van der Waals surface area contributed by atoms with Crippen LogP contribution in [0.5, 0.6) is 5.75 Å². The molecule has 0 saturated heterocycles. The molecular weight excluding hydrogens is 335 g/mol. The van der Waals surface area contributed by atoms with Crippen LogP contribution >= 0.6 is 0 Å². The van der Waals surface area contributed by atoms with Crippen molar-refractivity contribution < 1.29 is 13.9 Å². The summed E-state index contributed by atoms with van der Waals surface area (Å²) in [7, 11) is 3.27. The molecule has 2 aromatic rings. The Kier molecular flexibility index (Phi) is 7.42. The molecule has 0 heterocycles. The maximum absolute atomic E-state index is 13.1. The SMILES string of the molecule is CN=C(NCCc1ccc(OC)cc1)NCC(=O)Nc1cccc(F)c1. The Hall–Kier alpha value is -3.09. The molecule has 1 amide bonds. The van der Waals surface area contributed by atoms with Gasteiger partial charge in [0.1, 0.15) is 11.6 Å². The summed E-state index contributed by atoms with van der Waals surface area (Å²) in [5.41, 5.74) is 1.58. The Bertz CT molecular complexity index is 747. The standard InChI is InChI=1S/C19H23FN4O2/c1-21-19(22-11-10-14-6-8-17(26-2)9-7-14)23-13-18(25)24-16-5-3-4-15(20)12-16/h3-9,12H,10-11,13H2,1-2H3,(H,24,25)(H2,21,22,23). The van der Waals surface area contributed by atoms with E-state index in [0.717, 1.165) is 17.7 Å². The zero-order valence-electron chi connectivity index (χ0n) is 14.9. The molecule has 0 aromatic heterocycles. The Balaban J connectivity index is 1.72. The number of carbonyl (C=O) groups excluding carboxylic acids is 1. The maximum Gasteiger partial charge on any atom is 0.243 e. The summed E-state index contributed by atoms with van der Waals surface area (Å²) in [5.74, 6) is 0.664. The zero-order chi connectivity index (χ0) is 18.8. The number of benzene rings is 2. The molecule has 2 aromatic carbocycles. The predicted octanol–water partition coefficient (Wildman–Crippen LogP) is 2.18. The number of halogens is 1. The van der Waals surface area contributed by atoms with Gasteiger partial charge in [-0.05, 0) is 42.3 Å². The molecule has 0 aliphatic carbocycles. The third-order valence-corrected chi connectivity index (χ3v) is 3.61. The third kappa shape index (κ3) is 6.43. The molecular formula is C19H23FN4O2. The minimum absolute atomic E-state index is 0.0265. The van der Waals surface area contributed by atoms with Crippen molar-refractivity contribution in [3.8, 4) is 5.75 Å². The van der Waals surface area contributed by atoms with Crippen molar-refractivity contribution in [1.29, 1.82) is 0 Å². The fourth-order valence-electron chi connectivity index (χ4n) is 2.27. The molecule has 2 rings (SSSR count). The fraction of sp³-hybridized carbons (Fsp3) is 0.263. The van der Waals surface area contributed by atoms with Crippen LogP contribution in [0.4, 0.5) is 10.1 Å². The Morgan fingerprint density at radius 3 is 2.58 bits per heavy atom. The smallest absolute Gasteiger partial charge is 0.243 e. The topological polar surface area (TPSA) is 74.8 Å². The number of hydrogen-bond acceptors (Lipinski definition) is 3. The average molecular weight is 358 g/mol. The molecule has 26 heavy (non-hydrogen) atoms. The van der Waals surface area contributed by atoms with Gasteiger partial charge >= 0.3 is 0 Å². The molecule has 0 spiro atoms. The number of nitrogens with zero attached hydrogens (tertiary/aromatic N) is 1. The lowest BCUT2D eigenvalue weighted by Crippen LogP contribution is -2.42.